The molecule has 4 aromatic rings. The summed E-state index contributed by atoms with van der Waals surface area (Å²) in [5, 5.41) is 14.7. The summed E-state index contributed by atoms with van der Waals surface area (Å²) in [5.41, 5.74) is 7.48. The predicted octanol–water partition coefficient (Wildman–Crippen LogP) is 5.77. The van der Waals surface area contributed by atoms with Crippen molar-refractivity contribution in [2.45, 2.75) is 11.4 Å². The molecule has 10 heteroatoms. The van der Waals surface area contributed by atoms with E-state index in [0.29, 0.717) is 42.5 Å². The number of carboxylic acid groups (broad SMARTS) is 1. The van der Waals surface area contributed by atoms with Crippen LogP contribution in [0.3, 0.4) is 0 Å². The fourth-order valence-electron chi connectivity index (χ4n) is 3.82. The highest BCUT2D eigenvalue weighted by molar-refractivity contribution is 8.00. The molecule has 0 atom stereocenters. The molecule has 0 unspecified atom stereocenters. The lowest BCUT2D eigenvalue weighted by atomic mass is 10.0. The Morgan fingerprint density at radius 3 is 2.27 bits per heavy atom. The Morgan fingerprint density at radius 1 is 0.892 bits per heavy atom. The largest absolute Gasteiger partial charge is 0.480 e. The van der Waals surface area contributed by atoms with Crippen molar-refractivity contribution in [3.8, 4) is 0 Å². The molecule has 0 heterocycles. The molecule has 4 rings (SSSR count). The lowest BCUT2D eigenvalue weighted by Crippen LogP contribution is -2.24. The molecule has 7 nitrogen and oxygen atoms in total. The van der Waals surface area contributed by atoms with Crippen molar-refractivity contribution in [3.63, 3.8) is 0 Å². The van der Waals surface area contributed by atoms with Crippen molar-refractivity contribution in [2.75, 3.05) is 10.8 Å². The van der Waals surface area contributed by atoms with E-state index in [1.165, 1.54) is 11.9 Å². The van der Waals surface area contributed by atoms with Gasteiger partial charge in [-0.2, -0.15) is 0 Å². The molecule has 0 aliphatic rings. The molecule has 0 bridgehead atoms. The standard InChI is InChI=1S/C27H21Cl2N3O4S/c28-18-11-19(29)13-20(12-18)37-32(15-25(33)34)24-9-3-6-21-22(24)7-2-8-23(21)27(36)31-14-16-4-1-5-17(10-16)26(30)35/h1-13H,14-15H2,(H2,30,35)(H,31,36)(H,33,34). The number of nitrogens with two attached hydrogens (primary N) is 1. The second-order valence-electron chi connectivity index (χ2n) is 8.05. The van der Waals surface area contributed by atoms with E-state index >= 15 is 0 Å². The van der Waals surface area contributed by atoms with Crippen molar-refractivity contribution in [3.05, 3.63) is 106 Å². The van der Waals surface area contributed by atoms with Crippen LogP contribution in [0.25, 0.3) is 10.8 Å². The van der Waals surface area contributed by atoms with Crippen LogP contribution in [0.2, 0.25) is 10.0 Å². The number of nitrogens with one attached hydrogen (secondary N) is 1. The van der Waals surface area contributed by atoms with Crippen LogP contribution in [0, 0.1) is 0 Å². The Kier molecular flexibility index (Phi) is 8.23. The summed E-state index contributed by atoms with van der Waals surface area (Å²) in [5.74, 6) is -1.88. The van der Waals surface area contributed by atoms with Gasteiger partial charge in [-0.3, -0.25) is 14.4 Å². The summed E-state index contributed by atoms with van der Waals surface area (Å²) in [6.45, 7) is -0.104. The number of nitrogens with zero attached hydrogens (tertiary/aromatic N) is 1. The van der Waals surface area contributed by atoms with Crippen LogP contribution >= 0.6 is 35.1 Å². The monoisotopic (exact) mass is 553 g/mol. The van der Waals surface area contributed by atoms with E-state index in [0.717, 1.165) is 5.56 Å². The first-order valence-corrected chi connectivity index (χ1v) is 12.6. The molecule has 188 valence electrons. The first-order valence-electron chi connectivity index (χ1n) is 11.0. The average molecular weight is 554 g/mol. The molecule has 0 aliphatic heterocycles. The molecule has 0 spiro atoms. The molecule has 37 heavy (non-hydrogen) atoms. The highest BCUT2D eigenvalue weighted by Gasteiger charge is 2.18. The Balaban J connectivity index is 1.65. The van der Waals surface area contributed by atoms with Gasteiger partial charge in [0.1, 0.15) is 6.54 Å². The molecule has 0 fully saturated rings. The number of carboxylic acids is 1. The van der Waals surface area contributed by atoms with E-state index in [1.807, 2.05) is 6.07 Å². The first kappa shape index (κ1) is 26.3. The third-order valence-corrected chi connectivity index (χ3v) is 6.84. The fourth-order valence-corrected chi connectivity index (χ4v) is 5.52. The van der Waals surface area contributed by atoms with E-state index in [2.05, 4.69) is 5.32 Å². The van der Waals surface area contributed by atoms with Crippen LogP contribution in [-0.4, -0.2) is 29.4 Å². The number of hydrogen-bond donors (Lipinski definition) is 3. The Morgan fingerprint density at radius 2 is 1.57 bits per heavy atom. The molecule has 0 aliphatic carbocycles. The quantitative estimate of drug-likeness (QED) is 0.226. The normalized spacial score (nSPS) is 10.8. The lowest BCUT2D eigenvalue weighted by molar-refractivity contribution is -0.135. The first-order chi connectivity index (χ1) is 17.7. The van der Waals surface area contributed by atoms with Gasteiger partial charge in [0.05, 0.1) is 5.69 Å². The van der Waals surface area contributed by atoms with Crippen molar-refractivity contribution in [2.24, 2.45) is 5.73 Å². The smallest absolute Gasteiger partial charge is 0.324 e. The Labute approximate surface area is 227 Å². The molecular formula is C27H21Cl2N3O4S. The van der Waals surface area contributed by atoms with Crippen molar-refractivity contribution < 1.29 is 19.5 Å². The molecule has 0 saturated carbocycles. The van der Waals surface area contributed by atoms with Gasteiger partial charge in [-0.15, -0.1) is 0 Å². The minimum absolute atomic E-state index is 0.201. The number of rotatable bonds is 9. The zero-order valence-electron chi connectivity index (χ0n) is 19.3. The fraction of sp³-hybridized carbons (Fsp3) is 0.0741. The van der Waals surface area contributed by atoms with Crippen molar-refractivity contribution in [1.29, 1.82) is 0 Å². The molecule has 0 aromatic heterocycles. The summed E-state index contributed by atoms with van der Waals surface area (Å²) >= 11 is 13.5. The van der Waals surface area contributed by atoms with Crippen molar-refractivity contribution in [1.82, 2.24) is 5.32 Å². The van der Waals surface area contributed by atoms with Gasteiger partial charge in [-0.05, 0) is 65.4 Å². The second kappa shape index (κ2) is 11.6. The van der Waals surface area contributed by atoms with E-state index < -0.39 is 11.9 Å². The van der Waals surface area contributed by atoms with Crippen molar-refractivity contribution >= 4 is 69.4 Å². The number of carbonyl (C=O) groups excluding carboxylic acids is 2. The third-order valence-electron chi connectivity index (χ3n) is 5.41. The van der Waals surface area contributed by atoms with Gasteiger partial charge in [0.25, 0.3) is 5.91 Å². The van der Waals surface area contributed by atoms with Crippen LogP contribution < -0.4 is 15.4 Å². The lowest BCUT2D eigenvalue weighted by Gasteiger charge is -2.23. The number of fused-ring (bicyclic) bond motifs is 1. The molecule has 0 saturated heterocycles. The number of anilines is 1. The molecule has 0 radical (unpaired) electrons. The molecule has 4 aromatic carbocycles. The summed E-state index contributed by atoms with van der Waals surface area (Å²) in [7, 11) is 0. The van der Waals surface area contributed by atoms with E-state index in [9.17, 15) is 19.5 Å². The number of amides is 2. The topological polar surface area (TPSA) is 113 Å². The van der Waals surface area contributed by atoms with Gasteiger partial charge < -0.3 is 20.5 Å². The van der Waals surface area contributed by atoms with E-state index in [4.69, 9.17) is 28.9 Å². The number of benzene rings is 4. The average Bonchev–Trinajstić information content (AvgIpc) is 2.85. The minimum Gasteiger partial charge on any atom is -0.480 e. The highest BCUT2D eigenvalue weighted by Crippen LogP contribution is 2.37. The maximum Gasteiger partial charge on any atom is 0.324 e. The third kappa shape index (κ3) is 6.54. The summed E-state index contributed by atoms with van der Waals surface area (Å²) in [6.07, 6.45) is 0. The molecule has 2 amide bonds. The van der Waals surface area contributed by atoms with E-state index in [1.54, 1.807) is 77.1 Å². The van der Waals surface area contributed by atoms with Gasteiger partial charge in [0.2, 0.25) is 5.91 Å². The highest BCUT2D eigenvalue weighted by atomic mass is 35.5. The van der Waals surface area contributed by atoms with Gasteiger partial charge in [0.15, 0.2) is 0 Å². The van der Waals surface area contributed by atoms with Gasteiger partial charge >= 0.3 is 5.97 Å². The Hall–Kier alpha value is -3.72. The number of aliphatic carboxylic acids is 1. The maximum absolute atomic E-state index is 13.1. The zero-order chi connectivity index (χ0) is 26.5. The van der Waals surface area contributed by atoms with Gasteiger partial charge in [-0.1, -0.05) is 59.6 Å². The molecular weight excluding hydrogens is 533 g/mol. The van der Waals surface area contributed by atoms with Crippen LogP contribution in [0.1, 0.15) is 26.3 Å². The zero-order valence-corrected chi connectivity index (χ0v) is 21.6. The number of primary amides is 1. The van der Waals surface area contributed by atoms with Crippen LogP contribution in [0.4, 0.5) is 5.69 Å². The summed E-state index contributed by atoms with van der Waals surface area (Å²) in [4.78, 5) is 36.9. The Bertz CT molecular complexity index is 1490. The molecule has 4 N–H and O–H groups in total. The van der Waals surface area contributed by atoms with Gasteiger partial charge in [0, 0.05) is 38.0 Å². The van der Waals surface area contributed by atoms with Crippen LogP contribution in [0.5, 0.6) is 0 Å². The SMILES string of the molecule is NC(=O)c1cccc(CNC(=O)c2cccc3c(N(CC(=O)O)Sc4cc(Cl)cc(Cl)c4)cccc23)c1. The number of halogens is 2. The maximum atomic E-state index is 13.1. The summed E-state index contributed by atoms with van der Waals surface area (Å²) < 4.78 is 1.61. The van der Waals surface area contributed by atoms with E-state index in [-0.39, 0.29) is 19.0 Å². The predicted molar refractivity (Wildman–Crippen MR) is 147 cm³/mol. The van der Waals surface area contributed by atoms with Crippen LogP contribution in [0.15, 0.2) is 83.8 Å². The number of carbonyl (C=O) groups is 3. The second-order valence-corrected chi connectivity index (χ2v) is 10.0. The summed E-state index contributed by atoms with van der Waals surface area (Å²) in [6, 6.07) is 22.4. The van der Waals surface area contributed by atoms with Gasteiger partial charge in [-0.25, -0.2) is 0 Å². The number of hydrogen-bond acceptors (Lipinski definition) is 5. The van der Waals surface area contributed by atoms with Crippen LogP contribution in [-0.2, 0) is 11.3 Å². The minimum atomic E-state index is -1.02.